The van der Waals surface area contributed by atoms with Crippen molar-refractivity contribution in [1.82, 2.24) is 9.80 Å². The molecule has 25 heavy (non-hydrogen) atoms. The number of ether oxygens (including phenoxy) is 2. The second kappa shape index (κ2) is 7.87. The number of hydrogen-bond donors (Lipinski definition) is 0. The minimum atomic E-state index is -0.133. The molecule has 0 saturated carbocycles. The summed E-state index contributed by atoms with van der Waals surface area (Å²) in [6.45, 7) is 4.76. The predicted molar refractivity (Wildman–Crippen MR) is 93.4 cm³/mol. The Morgan fingerprint density at radius 1 is 1.20 bits per heavy atom. The van der Waals surface area contributed by atoms with Gasteiger partial charge in [0.1, 0.15) is 17.9 Å². The lowest BCUT2D eigenvalue weighted by molar-refractivity contribution is -0.145. The van der Waals surface area contributed by atoms with Crippen LogP contribution in [0.15, 0.2) is 24.3 Å². The first kappa shape index (κ1) is 17.7. The zero-order valence-corrected chi connectivity index (χ0v) is 14.9. The van der Waals surface area contributed by atoms with E-state index in [1.165, 1.54) is 0 Å². The quantitative estimate of drug-likeness (QED) is 0.756. The third-order valence-electron chi connectivity index (χ3n) is 5.04. The van der Waals surface area contributed by atoms with Gasteiger partial charge in [-0.05, 0) is 31.0 Å². The van der Waals surface area contributed by atoms with E-state index in [1.54, 1.807) is 7.11 Å². The van der Waals surface area contributed by atoms with Gasteiger partial charge >= 0.3 is 5.97 Å². The highest BCUT2D eigenvalue weighted by atomic mass is 16.6. The van der Waals surface area contributed by atoms with Crippen molar-refractivity contribution in [3.05, 3.63) is 29.8 Å². The van der Waals surface area contributed by atoms with Gasteiger partial charge in [0, 0.05) is 39.0 Å². The average Bonchev–Trinajstić information content (AvgIpc) is 2.98. The van der Waals surface area contributed by atoms with Crippen LogP contribution in [0.5, 0.6) is 5.75 Å². The Kier molecular flexibility index (Phi) is 5.58. The third kappa shape index (κ3) is 4.31. The van der Waals surface area contributed by atoms with Crippen molar-refractivity contribution >= 4 is 11.9 Å². The third-order valence-corrected chi connectivity index (χ3v) is 5.04. The van der Waals surface area contributed by atoms with Crippen molar-refractivity contribution in [2.24, 2.45) is 0 Å². The maximum Gasteiger partial charge on any atom is 0.323 e. The van der Waals surface area contributed by atoms with Crippen molar-refractivity contribution in [3.63, 3.8) is 0 Å². The molecule has 0 N–H and O–H groups in total. The minimum absolute atomic E-state index is 0.00154. The van der Waals surface area contributed by atoms with Crippen LogP contribution in [0.25, 0.3) is 0 Å². The van der Waals surface area contributed by atoms with Gasteiger partial charge in [0.2, 0.25) is 5.91 Å². The largest absolute Gasteiger partial charge is 0.497 e. The molecule has 2 heterocycles. The molecule has 1 aromatic rings. The summed E-state index contributed by atoms with van der Waals surface area (Å²) < 4.78 is 10.4. The highest BCUT2D eigenvalue weighted by molar-refractivity contribution is 5.78. The van der Waals surface area contributed by atoms with Crippen LogP contribution in [-0.2, 0) is 20.7 Å². The Morgan fingerprint density at radius 2 is 1.88 bits per heavy atom. The molecule has 0 spiro atoms. The molecule has 136 valence electrons. The Hall–Kier alpha value is -2.08. The Morgan fingerprint density at radius 3 is 2.44 bits per heavy atom. The first-order chi connectivity index (χ1) is 12.1. The van der Waals surface area contributed by atoms with Crippen molar-refractivity contribution in [3.8, 4) is 5.75 Å². The highest BCUT2D eigenvalue weighted by Gasteiger charge is 2.37. The fourth-order valence-corrected chi connectivity index (χ4v) is 3.52. The molecule has 2 atom stereocenters. The molecule has 1 amide bonds. The maximum atomic E-state index is 12.4. The number of aryl methyl sites for hydroxylation is 1. The number of benzene rings is 1. The molecule has 1 aromatic carbocycles. The van der Waals surface area contributed by atoms with Gasteiger partial charge in [0.25, 0.3) is 0 Å². The Bertz CT molecular complexity index is 608. The molecule has 0 aliphatic carbocycles. The SMILES string of the molecule is COc1ccc(CCC(=O)N2CCN([C@H]3C[C@H](C)OC3=O)CC2)cc1. The van der Waals surface area contributed by atoms with Crippen molar-refractivity contribution in [2.75, 3.05) is 33.3 Å². The van der Waals surface area contributed by atoms with Crippen LogP contribution in [0.4, 0.5) is 0 Å². The van der Waals surface area contributed by atoms with Gasteiger partial charge in [0.05, 0.1) is 7.11 Å². The molecular formula is C19H26N2O4. The number of rotatable bonds is 5. The van der Waals surface area contributed by atoms with E-state index >= 15 is 0 Å². The van der Waals surface area contributed by atoms with E-state index in [0.29, 0.717) is 19.5 Å². The summed E-state index contributed by atoms with van der Waals surface area (Å²) in [5.41, 5.74) is 1.13. The summed E-state index contributed by atoms with van der Waals surface area (Å²) in [5, 5.41) is 0. The fourth-order valence-electron chi connectivity index (χ4n) is 3.52. The van der Waals surface area contributed by atoms with Crippen molar-refractivity contribution < 1.29 is 19.1 Å². The molecule has 0 bridgehead atoms. The lowest BCUT2D eigenvalue weighted by Gasteiger charge is -2.36. The average molecular weight is 346 g/mol. The van der Waals surface area contributed by atoms with E-state index in [2.05, 4.69) is 4.90 Å². The summed E-state index contributed by atoms with van der Waals surface area (Å²) in [7, 11) is 1.64. The predicted octanol–water partition coefficient (Wildman–Crippen LogP) is 1.48. The number of piperazine rings is 1. The highest BCUT2D eigenvalue weighted by Crippen LogP contribution is 2.21. The molecular weight excluding hydrogens is 320 g/mol. The van der Waals surface area contributed by atoms with E-state index in [9.17, 15) is 9.59 Å². The topological polar surface area (TPSA) is 59.1 Å². The lowest BCUT2D eigenvalue weighted by Crippen LogP contribution is -2.53. The number of nitrogens with zero attached hydrogens (tertiary/aromatic N) is 2. The van der Waals surface area contributed by atoms with Crippen LogP contribution < -0.4 is 4.74 Å². The van der Waals surface area contributed by atoms with Gasteiger partial charge in [-0.2, -0.15) is 0 Å². The second-order valence-corrected chi connectivity index (χ2v) is 6.76. The van der Waals surface area contributed by atoms with Crippen LogP contribution >= 0.6 is 0 Å². The minimum Gasteiger partial charge on any atom is -0.497 e. The molecule has 0 radical (unpaired) electrons. The van der Waals surface area contributed by atoms with E-state index in [0.717, 1.165) is 37.2 Å². The number of cyclic esters (lactones) is 1. The molecule has 2 aliphatic rings. The number of methoxy groups -OCH3 is 1. The molecule has 0 unspecified atom stereocenters. The van der Waals surface area contributed by atoms with Gasteiger partial charge in [-0.1, -0.05) is 12.1 Å². The summed E-state index contributed by atoms with van der Waals surface area (Å²) in [6, 6.07) is 7.69. The Labute approximate surface area is 148 Å². The molecule has 6 nitrogen and oxygen atoms in total. The van der Waals surface area contributed by atoms with Crippen LogP contribution in [0.2, 0.25) is 0 Å². The van der Waals surface area contributed by atoms with Gasteiger partial charge in [-0.3, -0.25) is 14.5 Å². The summed E-state index contributed by atoms with van der Waals surface area (Å²) in [5.74, 6) is 0.885. The van der Waals surface area contributed by atoms with Gasteiger partial charge in [-0.25, -0.2) is 0 Å². The summed E-state index contributed by atoms with van der Waals surface area (Å²) >= 11 is 0. The van der Waals surface area contributed by atoms with Crippen LogP contribution in [0.1, 0.15) is 25.3 Å². The summed E-state index contributed by atoms with van der Waals surface area (Å²) in [6.07, 6.45) is 2.00. The zero-order chi connectivity index (χ0) is 17.8. The number of esters is 1. The fraction of sp³-hybridized carbons (Fsp3) is 0.579. The van der Waals surface area contributed by atoms with Gasteiger partial charge < -0.3 is 14.4 Å². The van der Waals surface area contributed by atoms with Crippen molar-refractivity contribution in [1.29, 1.82) is 0 Å². The zero-order valence-electron chi connectivity index (χ0n) is 14.9. The standard InChI is InChI=1S/C19H26N2O4/c1-14-13-17(19(23)25-14)20-9-11-21(12-10-20)18(22)8-5-15-3-6-16(24-2)7-4-15/h3-4,6-7,14,17H,5,8-13H2,1-2H3/t14-,17-/m0/s1. The van der Waals surface area contributed by atoms with Crippen LogP contribution in [-0.4, -0.2) is 67.1 Å². The normalized spacial score (nSPS) is 24.2. The first-order valence-electron chi connectivity index (χ1n) is 8.92. The Balaban J connectivity index is 1.44. The number of hydrogen-bond acceptors (Lipinski definition) is 5. The van der Waals surface area contributed by atoms with Crippen LogP contribution in [0, 0.1) is 0 Å². The first-order valence-corrected chi connectivity index (χ1v) is 8.92. The van der Waals surface area contributed by atoms with Crippen molar-refractivity contribution in [2.45, 2.75) is 38.3 Å². The number of amides is 1. The molecule has 3 rings (SSSR count). The van der Waals surface area contributed by atoms with Crippen LogP contribution in [0.3, 0.4) is 0 Å². The molecule has 2 saturated heterocycles. The number of carbonyl (C=O) groups excluding carboxylic acids is 2. The van der Waals surface area contributed by atoms with E-state index in [4.69, 9.17) is 9.47 Å². The van der Waals surface area contributed by atoms with Gasteiger partial charge in [0.15, 0.2) is 0 Å². The van der Waals surface area contributed by atoms with E-state index in [-0.39, 0.29) is 24.0 Å². The lowest BCUT2D eigenvalue weighted by atomic mass is 10.1. The maximum absolute atomic E-state index is 12.4. The smallest absolute Gasteiger partial charge is 0.323 e. The second-order valence-electron chi connectivity index (χ2n) is 6.76. The summed E-state index contributed by atoms with van der Waals surface area (Å²) in [4.78, 5) is 28.3. The number of carbonyl (C=O) groups is 2. The monoisotopic (exact) mass is 346 g/mol. The van der Waals surface area contributed by atoms with Gasteiger partial charge in [-0.15, -0.1) is 0 Å². The molecule has 6 heteroatoms. The molecule has 2 fully saturated rings. The molecule has 0 aromatic heterocycles. The van der Waals surface area contributed by atoms with E-state index in [1.807, 2.05) is 36.1 Å². The van der Waals surface area contributed by atoms with E-state index < -0.39 is 0 Å². The molecule has 2 aliphatic heterocycles.